The number of amides is 4. The van der Waals surface area contributed by atoms with Gasteiger partial charge in [-0.05, 0) is 147 Å². The molecule has 86 heavy (non-hydrogen) atoms. The molecule has 2 fully saturated rings. The average Bonchev–Trinajstić information content (AvgIpc) is 0.680. The first-order valence-electron chi connectivity index (χ1n) is 28.6. The Bertz CT molecular complexity index is 3840. The first kappa shape index (κ1) is 54.4. The van der Waals surface area contributed by atoms with Crippen molar-refractivity contribution in [1.29, 1.82) is 0 Å². The molecule has 9 aromatic carbocycles. The minimum Gasteiger partial charge on any atom is -0.481 e. The van der Waals surface area contributed by atoms with Crippen molar-refractivity contribution in [3.63, 3.8) is 0 Å². The predicted octanol–water partition coefficient (Wildman–Crippen LogP) is 14.8. The van der Waals surface area contributed by atoms with E-state index in [0.29, 0.717) is 115 Å². The molecule has 0 aromatic heterocycles. The first-order chi connectivity index (χ1) is 42.1. The zero-order chi connectivity index (χ0) is 59.0. The van der Waals surface area contributed by atoms with Gasteiger partial charge in [-0.3, -0.25) is 29.0 Å². The van der Waals surface area contributed by atoms with Gasteiger partial charge in [-0.25, -0.2) is 0 Å². The summed E-state index contributed by atoms with van der Waals surface area (Å²) in [6, 6.07) is 33.4. The molecular weight excluding hydrogens is 1080 g/mol. The molecule has 2 aliphatic carbocycles. The molecule has 4 aliphatic rings. The quantitative estimate of drug-likeness (QED) is 0.0348. The largest absolute Gasteiger partial charge is 0.481 e. The fourth-order valence-electron chi connectivity index (χ4n) is 12.6. The van der Waals surface area contributed by atoms with Crippen LogP contribution in [-0.4, -0.2) is 71.9 Å². The lowest BCUT2D eigenvalue weighted by molar-refractivity contribution is 0.0487. The highest BCUT2D eigenvalue weighted by Gasteiger charge is 2.44. The highest BCUT2D eigenvalue weighted by Crippen LogP contribution is 2.58. The molecule has 2 aliphatic heterocycles. The lowest BCUT2D eigenvalue weighted by Crippen LogP contribution is -2.48. The number of ether oxygens (including phenoxy) is 8. The van der Waals surface area contributed by atoms with Crippen LogP contribution < -0.4 is 37.9 Å². The molecular formula is C72H54N2O12. The second kappa shape index (κ2) is 23.1. The van der Waals surface area contributed by atoms with Crippen LogP contribution in [0.1, 0.15) is 106 Å². The molecule has 14 nitrogen and oxygen atoms in total. The maximum absolute atomic E-state index is 15.7. The Hall–Kier alpha value is -10.8. The molecule has 4 amide bonds. The minimum absolute atomic E-state index is 0.0358. The van der Waals surface area contributed by atoms with Crippen LogP contribution in [0.3, 0.4) is 0 Å². The Labute approximate surface area is 496 Å². The van der Waals surface area contributed by atoms with Crippen molar-refractivity contribution in [3.8, 4) is 118 Å². The summed E-state index contributed by atoms with van der Waals surface area (Å²) >= 11 is 0. The van der Waals surface area contributed by atoms with Crippen molar-refractivity contribution in [3.05, 3.63) is 144 Å². The van der Waals surface area contributed by atoms with Crippen LogP contribution in [0.4, 0.5) is 0 Å². The lowest BCUT2D eigenvalue weighted by atomic mass is 9.80. The van der Waals surface area contributed by atoms with Gasteiger partial charge in [0.1, 0.15) is 95.4 Å². The van der Waals surface area contributed by atoms with Gasteiger partial charge < -0.3 is 37.9 Å². The Kier molecular flexibility index (Phi) is 14.6. The van der Waals surface area contributed by atoms with E-state index in [-0.39, 0.29) is 83.8 Å². The van der Waals surface area contributed by atoms with Gasteiger partial charge in [-0.1, -0.05) is 62.2 Å². The van der Waals surface area contributed by atoms with E-state index in [4.69, 9.17) is 63.6 Å². The molecule has 0 spiro atoms. The van der Waals surface area contributed by atoms with E-state index in [1.165, 1.54) is 9.80 Å². The molecule has 0 atom stereocenters. The third-order valence-corrected chi connectivity index (χ3v) is 16.3. The number of benzene rings is 9. The molecule has 0 saturated heterocycles. The molecule has 424 valence electrons. The van der Waals surface area contributed by atoms with Gasteiger partial charge in [0.05, 0.1) is 22.3 Å². The molecule has 14 heteroatoms. The van der Waals surface area contributed by atoms with E-state index in [9.17, 15) is 0 Å². The highest BCUT2D eigenvalue weighted by atomic mass is 16.5. The number of rotatable bonds is 18. The Morgan fingerprint density at radius 1 is 0.314 bits per heavy atom. The molecule has 2 heterocycles. The average molecular weight is 1140 g/mol. The zero-order valence-corrected chi connectivity index (χ0v) is 46.7. The second-order valence-corrected chi connectivity index (χ2v) is 21.5. The molecule has 0 unspecified atom stereocenters. The predicted molar refractivity (Wildman–Crippen MR) is 326 cm³/mol. The summed E-state index contributed by atoms with van der Waals surface area (Å²) in [5.74, 6) is 12.0. The maximum atomic E-state index is 15.7. The smallest absolute Gasteiger partial charge is 0.261 e. The van der Waals surface area contributed by atoms with Gasteiger partial charge in [0, 0.05) is 55.2 Å². The fourth-order valence-corrected chi connectivity index (χ4v) is 12.6. The van der Waals surface area contributed by atoms with Gasteiger partial charge in [-0.15, -0.1) is 25.7 Å². The molecule has 0 radical (unpaired) electrons. The van der Waals surface area contributed by atoms with Crippen LogP contribution in [0.5, 0.6) is 69.0 Å². The van der Waals surface area contributed by atoms with Crippen molar-refractivity contribution in [2.45, 2.75) is 76.3 Å². The van der Waals surface area contributed by atoms with Gasteiger partial charge in [0.25, 0.3) is 23.6 Å². The standard InChI is InChI=1S/C72H54N2O12/c1-5-35-79-45-19-27-49(28-20-45)83-57-39-53-61-54(70(76)73(69(53)75)43-15-11-9-12-16-43)41-59(85-51-31-23-47(24-32-51)81-37-7-3)65-66-60(86-52-33-25-48(26-34-52)82-38-8-4)42-56-62-55(71(77)74(72(56)78)44-17-13-10-14-18-44)40-58(64(68(62)66)63(57)67(61)65)84-50-29-21-46(22-30-50)80-36-6-2/h1-4,19-34,39-44H,9-18,35-38H2. The summed E-state index contributed by atoms with van der Waals surface area (Å²) in [5.41, 5.74) is 0.808. The normalized spacial score (nSPS) is 15.1. The van der Waals surface area contributed by atoms with Crippen LogP contribution in [0.25, 0.3) is 43.1 Å². The summed E-state index contributed by atoms with van der Waals surface area (Å²) in [7, 11) is 0. The van der Waals surface area contributed by atoms with Gasteiger partial charge in [0.15, 0.2) is 0 Å². The van der Waals surface area contributed by atoms with Gasteiger partial charge >= 0.3 is 0 Å². The molecule has 13 rings (SSSR count). The number of terminal acetylenes is 4. The molecule has 2 saturated carbocycles. The fraction of sp³-hybridized carbons (Fsp3) is 0.222. The van der Waals surface area contributed by atoms with E-state index >= 15 is 19.2 Å². The van der Waals surface area contributed by atoms with Crippen LogP contribution in [0.15, 0.2) is 121 Å². The molecule has 0 N–H and O–H groups in total. The van der Waals surface area contributed by atoms with Crippen molar-refractivity contribution in [1.82, 2.24) is 9.80 Å². The lowest BCUT2D eigenvalue weighted by Gasteiger charge is -2.37. The summed E-state index contributed by atoms with van der Waals surface area (Å²) in [6.07, 6.45) is 30.1. The monoisotopic (exact) mass is 1140 g/mol. The summed E-state index contributed by atoms with van der Waals surface area (Å²) in [4.78, 5) is 65.5. The third-order valence-electron chi connectivity index (χ3n) is 16.3. The van der Waals surface area contributed by atoms with Gasteiger partial charge in [0.2, 0.25) is 0 Å². The van der Waals surface area contributed by atoms with Crippen molar-refractivity contribution in [2.24, 2.45) is 0 Å². The number of carbonyl (C=O) groups excluding carboxylic acids is 4. The number of hydrogen-bond donors (Lipinski definition) is 0. The number of nitrogens with zero attached hydrogens (tertiary/aromatic N) is 2. The second-order valence-electron chi connectivity index (χ2n) is 21.5. The van der Waals surface area contributed by atoms with Crippen molar-refractivity contribution < 1.29 is 57.1 Å². The minimum atomic E-state index is -0.492. The number of fused-ring (bicyclic) bond motifs is 2. The van der Waals surface area contributed by atoms with Crippen LogP contribution in [0.2, 0.25) is 0 Å². The summed E-state index contributed by atoms with van der Waals surface area (Å²) in [5, 5.41) is 2.83. The summed E-state index contributed by atoms with van der Waals surface area (Å²) < 4.78 is 51.5. The van der Waals surface area contributed by atoms with E-state index in [1.54, 1.807) is 121 Å². The first-order valence-corrected chi connectivity index (χ1v) is 28.6. The van der Waals surface area contributed by atoms with E-state index in [2.05, 4.69) is 23.7 Å². The Morgan fingerprint density at radius 3 is 0.756 bits per heavy atom. The topological polar surface area (TPSA) is 149 Å². The maximum Gasteiger partial charge on any atom is 0.261 e. The Morgan fingerprint density at radius 2 is 0.535 bits per heavy atom. The van der Waals surface area contributed by atoms with E-state index in [0.717, 1.165) is 38.5 Å². The van der Waals surface area contributed by atoms with Crippen LogP contribution in [0, 0.1) is 49.4 Å². The van der Waals surface area contributed by atoms with E-state index < -0.39 is 23.6 Å². The molecule has 0 bridgehead atoms. The van der Waals surface area contributed by atoms with Crippen molar-refractivity contribution >= 4 is 66.7 Å². The highest BCUT2D eigenvalue weighted by molar-refractivity contribution is 6.45. The van der Waals surface area contributed by atoms with Crippen molar-refractivity contribution in [2.75, 3.05) is 26.4 Å². The molecule has 9 aromatic rings. The van der Waals surface area contributed by atoms with E-state index in [1.807, 2.05) is 0 Å². The SMILES string of the molecule is C#CCOc1ccc(Oc2cc3c4c(cc(Oc5ccc(OCC#C)cc5)c5c6c(Oc7ccc(OCC#C)cc7)cc7c8c(cc(Oc9ccc(OCC#C)cc9)c(c2c45)c86)C(=O)N(C2CCCCC2)C7=O)C(=O)N(C2CCCCC2)C3=O)cc1. The number of carbonyl (C=O) groups is 4. The van der Waals surface area contributed by atoms with Gasteiger partial charge in [-0.2, -0.15) is 0 Å². The number of imide groups is 2. The Balaban J connectivity index is 1.19. The van der Waals surface area contributed by atoms with Crippen LogP contribution >= 0.6 is 0 Å². The number of hydrogen-bond acceptors (Lipinski definition) is 12. The summed E-state index contributed by atoms with van der Waals surface area (Å²) in [6.45, 7) is 0.143. The van der Waals surface area contributed by atoms with Crippen LogP contribution in [-0.2, 0) is 0 Å². The zero-order valence-electron chi connectivity index (χ0n) is 46.7. The third kappa shape index (κ3) is 9.81.